The minimum atomic E-state index is -0.0358. The van der Waals surface area contributed by atoms with Gasteiger partial charge < -0.3 is 8.75 Å². The highest BCUT2D eigenvalue weighted by atomic mass is 32.2. The van der Waals surface area contributed by atoms with E-state index in [1.165, 1.54) is 41.1 Å². The van der Waals surface area contributed by atoms with Crippen molar-refractivity contribution in [3.05, 3.63) is 53.1 Å². The molecule has 2 rings (SSSR count). The number of aryl methyl sites for hydroxylation is 2. The number of imidazole rings is 1. The largest absolute Gasteiger partial charge is 0.336 e. The van der Waals surface area contributed by atoms with Crippen molar-refractivity contribution in [3.8, 4) is 0 Å². The van der Waals surface area contributed by atoms with E-state index in [1.807, 2.05) is 10.8 Å². The zero-order valence-corrected chi connectivity index (χ0v) is 17.3. The van der Waals surface area contributed by atoms with Crippen molar-refractivity contribution < 1.29 is 8.98 Å². The standard InChI is InChI=1S/C19H26N2O2S2/c1-13-9-15(19(3,4)5)10-14(2)17(13)16(24-18(22)25-23-6)11-21-8-7-20-12-21/h7-10,12,16H,11H2,1-6H3. The minimum Gasteiger partial charge on any atom is -0.336 e. The molecule has 136 valence electrons. The van der Waals surface area contributed by atoms with Crippen LogP contribution in [-0.4, -0.2) is 21.1 Å². The van der Waals surface area contributed by atoms with Crippen molar-refractivity contribution in [2.24, 2.45) is 0 Å². The van der Waals surface area contributed by atoms with Crippen LogP contribution in [0.2, 0.25) is 0 Å². The molecule has 0 aliphatic heterocycles. The van der Waals surface area contributed by atoms with Crippen molar-refractivity contribution in [2.45, 2.75) is 51.8 Å². The first-order chi connectivity index (χ1) is 11.7. The van der Waals surface area contributed by atoms with Crippen LogP contribution in [0.5, 0.6) is 0 Å². The maximum Gasteiger partial charge on any atom is 0.273 e. The van der Waals surface area contributed by atoms with Crippen molar-refractivity contribution in [1.82, 2.24) is 9.55 Å². The summed E-state index contributed by atoms with van der Waals surface area (Å²) >= 11 is 2.20. The fraction of sp³-hybridized carbons (Fsp3) is 0.474. The third kappa shape index (κ3) is 5.36. The first-order valence-corrected chi connectivity index (χ1v) is 9.83. The highest BCUT2D eigenvalue weighted by Crippen LogP contribution is 2.39. The van der Waals surface area contributed by atoms with Crippen LogP contribution < -0.4 is 0 Å². The van der Waals surface area contributed by atoms with Gasteiger partial charge in [0.1, 0.15) is 0 Å². The lowest BCUT2D eigenvalue weighted by atomic mass is 9.83. The number of hydrogen-bond acceptors (Lipinski definition) is 5. The molecular formula is C19H26N2O2S2. The zero-order chi connectivity index (χ0) is 18.6. The Morgan fingerprint density at radius 1 is 1.28 bits per heavy atom. The smallest absolute Gasteiger partial charge is 0.273 e. The van der Waals surface area contributed by atoms with Gasteiger partial charge in [-0.3, -0.25) is 4.79 Å². The van der Waals surface area contributed by atoms with Gasteiger partial charge >= 0.3 is 0 Å². The summed E-state index contributed by atoms with van der Waals surface area (Å²) in [5.74, 6) is 0. The predicted octanol–water partition coefficient (Wildman–Crippen LogP) is 5.69. The van der Waals surface area contributed by atoms with E-state index in [4.69, 9.17) is 4.18 Å². The van der Waals surface area contributed by atoms with Gasteiger partial charge in [-0.05, 0) is 41.5 Å². The molecule has 1 aromatic carbocycles. The monoisotopic (exact) mass is 378 g/mol. The summed E-state index contributed by atoms with van der Waals surface area (Å²) in [5.41, 5.74) is 5.07. The fourth-order valence-corrected chi connectivity index (χ4v) is 4.71. The van der Waals surface area contributed by atoms with E-state index in [1.54, 1.807) is 12.5 Å². The highest BCUT2D eigenvalue weighted by Gasteiger charge is 2.24. The molecule has 0 saturated heterocycles. The highest BCUT2D eigenvalue weighted by molar-refractivity contribution is 8.36. The van der Waals surface area contributed by atoms with Crippen LogP contribution in [0.25, 0.3) is 0 Å². The molecule has 25 heavy (non-hydrogen) atoms. The molecule has 0 amide bonds. The fourth-order valence-electron chi connectivity index (χ4n) is 2.89. The Balaban J connectivity index is 2.40. The van der Waals surface area contributed by atoms with Gasteiger partial charge in [-0.25, -0.2) is 4.98 Å². The molecule has 6 heteroatoms. The lowest BCUT2D eigenvalue weighted by molar-refractivity contribution is 0.275. The van der Waals surface area contributed by atoms with Gasteiger partial charge in [-0.15, -0.1) is 0 Å². The Morgan fingerprint density at radius 2 is 1.92 bits per heavy atom. The zero-order valence-electron chi connectivity index (χ0n) is 15.7. The molecule has 1 unspecified atom stereocenters. The molecule has 0 saturated carbocycles. The predicted molar refractivity (Wildman–Crippen MR) is 107 cm³/mol. The third-order valence-corrected chi connectivity index (χ3v) is 5.76. The lowest BCUT2D eigenvalue weighted by Crippen LogP contribution is -2.15. The average Bonchev–Trinajstić information content (AvgIpc) is 2.98. The molecular weight excluding hydrogens is 352 g/mol. The van der Waals surface area contributed by atoms with E-state index in [2.05, 4.69) is 51.7 Å². The lowest BCUT2D eigenvalue weighted by Gasteiger charge is -2.25. The van der Waals surface area contributed by atoms with Crippen LogP contribution in [0.3, 0.4) is 0 Å². The minimum absolute atomic E-state index is 0.0124. The molecule has 0 bridgehead atoms. The molecule has 0 fully saturated rings. The molecule has 0 aliphatic carbocycles. The normalized spacial score (nSPS) is 13.0. The van der Waals surface area contributed by atoms with Crippen molar-refractivity contribution in [2.75, 3.05) is 7.11 Å². The Labute approximate surface area is 159 Å². The molecule has 0 aliphatic rings. The second-order valence-electron chi connectivity index (χ2n) is 7.14. The first kappa shape index (κ1) is 20.1. The van der Waals surface area contributed by atoms with Crippen LogP contribution in [0, 0.1) is 13.8 Å². The number of thioether (sulfide) groups is 1. The van der Waals surface area contributed by atoms with Crippen LogP contribution in [0.1, 0.15) is 48.3 Å². The first-order valence-electron chi connectivity index (χ1n) is 8.21. The molecule has 0 radical (unpaired) electrons. The Kier molecular flexibility index (Phi) is 6.77. The second kappa shape index (κ2) is 8.43. The van der Waals surface area contributed by atoms with Gasteiger partial charge in [0.05, 0.1) is 30.7 Å². The van der Waals surface area contributed by atoms with Crippen LogP contribution in [0.4, 0.5) is 4.79 Å². The van der Waals surface area contributed by atoms with Gasteiger partial charge in [0.15, 0.2) is 0 Å². The molecule has 2 aromatic rings. The summed E-state index contributed by atoms with van der Waals surface area (Å²) in [6.45, 7) is 11.6. The van der Waals surface area contributed by atoms with E-state index < -0.39 is 0 Å². The summed E-state index contributed by atoms with van der Waals surface area (Å²) in [5, 5.41) is 0.0124. The quantitative estimate of drug-likeness (QED) is 0.626. The molecule has 0 N–H and O–H groups in total. The van der Waals surface area contributed by atoms with Crippen molar-refractivity contribution >= 4 is 28.3 Å². The Bertz CT molecular complexity index is 699. The van der Waals surface area contributed by atoms with E-state index in [0.717, 1.165) is 12.0 Å². The molecule has 1 atom stereocenters. The summed E-state index contributed by atoms with van der Waals surface area (Å²) in [6.07, 6.45) is 5.47. The van der Waals surface area contributed by atoms with E-state index in [9.17, 15) is 4.79 Å². The summed E-state index contributed by atoms with van der Waals surface area (Å²) in [6, 6.07) is 4.50. The van der Waals surface area contributed by atoms with E-state index in [0.29, 0.717) is 6.54 Å². The van der Waals surface area contributed by atoms with E-state index in [-0.39, 0.29) is 15.1 Å². The SMILES string of the molecule is COSC(=O)SC(Cn1ccnc1)c1c(C)cc(C(C)(C)C)cc1C. The number of carbonyl (C=O) groups is 1. The van der Waals surface area contributed by atoms with Gasteiger partial charge in [0.2, 0.25) is 0 Å². The van der Waals surface area contributed by atoms with Crippen molar-refractivity contribution in [1.29, 1.82) is 0 Å². The average molecular weight is 379 g/mol. The van der Waals surface area contributed by atoms with Crippen LogP contribution in [0.15, 0.2) is 30.9 Å². The third-order valence-electron chi connectivity index (χ3n) is 4.11. The second-order valence-corrected chi connectivity index (χ2v) is 9.44. The molecule has 1 heterocycles. The number of aromatic nitrogens is 2. The molecule has 1 aromatic heterocycles. The number of hydrogen-bond donors (Lipinski definition) is 0. The molecule has 4 nitrogen and oxygen atoms in total. The van der Waals surface area contributed by atoms with Crippen molar-refractivity contribution in [3.63, 3.8) is 0 Å². The van der Waals surface area contributed by atoms with Gasteiger partial charge in [-0.1, -0.05) is 44.7 Å². The summed E-state index contributed by atoms with van der Waals surface area (Å²) in [4.78, 5) is 16.3. The number of nitrogens with zero attached hydrogens (tertiary/aromatic N) is 2. The van der Waals surface area contributed by atoms with Gasteiger partial charge in [0, 0.05) is 18.9 Å². The Morgan fingerprint density at radius 3 is 2.40 bits per heavy atom. The van der Waals surface area contributed by atoms with Gasteiger partial charge in [-0.2, -0.15) is 0 Å². The summed E-state index contributed by atoms with van der Waals surface area (Å²) < 4.78 is 6.90. The van der Waals surface area contributed by atoms with Crippen LogP contribution in [-0.2, 0) is 16.1 Å². The van der Waals surface area contributed by atoms with Gasteiger partial charge in [0.25, 0.3) is 4.45 Å². The number of benzene rings is 1. The van der Waals surface area contributed by atoms with Crippen LogP contribution >= 0.6 is 23.8 Å². The number of carbonyl (C=O) groups excluding carboxylic acids is 1. The van der Waals surface area contributed by atoms with E-state index >= 15 is 0 Å². The Hall–Kier alpha value is -1.24. The maximum atomic E-state index is 12.2. The number of rotatable bonds is 5. The maximum absolute atomic E-state index is 12.2. The molecule has 0 spiro atoms. The topological polar surface area (TPSA) is 44.1 Å². The summed E-state index contributed by atoms with van der Waals surface area (Å²) in [7, 11) is 1.52.